The van der Waals surface area contributed by atoms with Crippen LogP contribution in [0.15, 0.2) is 34.8 Å². The Morgan fingerprint density at radius 3 is 2.85 bits per heavy atom. The summed E-state index contributed by atoms with van der Waals surface area (Å²) >= 11 is 1.58. The molecule has 0 saturated heterocycles. The zero-order valence-electron chi connectivity index (χ0n) is 11.3. The van der Waals surface area contributed by atoms with Gasteiger partial charge in [-0.2, -0.15) is 0 Å². The number of hydrogen-bond donors (Lipinski definition) is 2. The molecule has 0 unspecified atom stereocenters. The molecule has 0 amide bonds. The third-order valence-electron chi connectivity index (χ3n) is 2.61. The number of ether oxygens (including phenoxy) is 1. The van der Waals surface area contributed by atoms with Crippen LogP contribution in [0.25, 0.3) is 0 Å². The third-order valence-corrected chi connectivity index (χ3v) is 3.53. The number of benzene rings is 1. The number of guanidine groups is 1. The molecule has 0 bridgehead atoms. The molecule has 2 rings (SSSR count). The molecule has 1 aromatic carbocycles. The van der Waals surface area contributed by atoms with Crippen molar-refractivity contribution in [2.45, 2.75) is 13.5 Å². The van der Waals surface area contributed by atoms with E-state index in [2.05, 4.69) is 15.3 Å². The summed E-state index contributed by atoms with van der Waals surface area (Å²) < 4.78 is 5.23. The highest BCUT2D eigenvalue weighted by Gasteiger charge is 2.03. The van der Waals surface area contributed by atoms with E-state index in [9.17, 15) is 0 Å². The molecule has 7 heteroatoms. The Kier molecular flexibility index (Phi) is 6.73. The fourth-order valence-corrected chi connectivity index (χ4v) is 2.26. The number of aliphatic imine (C=N–C) groups is 1. The molecule has 5 nitrogen and oxygen atoms in total. The van der Waals surface area contributed by atoms with Gasteiger partial charge in [-0.25, -0.2) is 9.98 Å². The predicted molar refractivity (Wildman–Crippen MR) is 94.2 cm³/mol. The first-order valence-corrected chi connectivity index (χ1v) is 6.67. The predicted octanol–water partition coefficient (Wildman–Crippen LogP) is 3.00. The van der Waals surface area contributed by atoms with E-state index in [-0.39, 0.29) is 24.0 Å². The van der Waals surface area contributed by atoms with Gasteiger partial charge in [-0.15, -0.1) is 35.3 Å². The highest BCUT2D eigenvalue weighted by Crippen LogP contribution is 2.22. The van der Waals surface area contributed by atoms with Crippen molar-refractivity contribution >= 4 is 47.0 Å². The third kappa shape index (κ3) is 4.34. The molecule has 0 atom stereocenters. The summed E-state index contributed by atoms with van der Waals surface area (Å²) in [4.78, 5) is 9.59. The van der Waals surface area contributed by atoms with E-state index in [4.69, 9.17) is 10.5 Å². The van der Waals surface area contributed by atoms with Gasteiger partial charge in [-0.1, -0.05) is 12.1 Å². The fourth-order valence-electron chi connectivity index (χ4n) is 1.56. The summed E-state index contributed by atoms with van der Waals surface area (Å²) in [5.41, 5.74) is 9.47. The second kappa shape index (κ2) is 8.05. The number of aromatic nitrogens is 1. The summed E-state index contributed by atoms with van der Waals surface area (Å²) in [6.07, 6.45) is 0. The van der Waals surface area contributed by atoms with Crippen molar-refractivity contribution in [3.05, 3.63) is 40.3 Å². The van der Waals surface area contributed by atoms with Gasteiger partial charge in [-0.3, -0.25) is 0 Å². The van der Waals surface area contributed by atoms with Crippen molar-refractivity contribution in [2.75, 3.05) is 12.4 Å². The maximum Gasteiger partial charge on any atom is 0.193 e. The molecule has 1 heterocycles. The molecule has 0 fully saturated rings. The molecule has 0 aliphatic heterocycles. The highest BCUT2D eigenvalue weighted by atomic mass is 127. The summed E-state index contributed by atoms with van der Waals surface area (Å²) in [6, 6.07) is 7.56. The standard InChI is InChI=1S/C13H16N4OS.HI/c1-9-12(19-8-16-9)7-15-13(14)17-10-5-3-4-6-11(10)18-2;/h3-6,8H,7H2,1-2H3,(H3,14,15,17);1H. The highest BCUT2D eigenvalue weighted by molar-refractivity contribution is 14.0. The van der Waals surface area contributed by atoms with Crippen LogP contribution in [-0.2, 0) is 6.54 Å². The first-order valence-electron chi connectivity index (χ1n) is 5.79. The first-order chi connectivity index (χ1) is 9.20. The number of methoxy groups -OCH3 is 1. The number of thiazole rings is 1. The van der Waals surface area contributed by atoms with Crippen molar-refractivity contribution in [1.29, 1.82) is 0 Å². The molecule has 108 valence electrons. The lowest BCUT2D eigenvalue weighted by Crippen LogP contribution is -2.22. The molecule has 3 N–H and O–H groups in total. The smallest absolute Gasteiger partial charge is 0.193 e. The van der Waals surface area contributed by atoms with Gasteiger partial charge in [0.05, 0.1) is 30.5 Å². The van der Waals surface area contributed by atoms with Gasteiger partial charge in [0.25, 0.3) is 0 Å². The quantitative estimate of drug-likeness (QED) is 0.467. The summed E-state index contributed by atoms with van der Waals surface area (Å²) in [6.45, 7) is 2.50. The van der Waals surface area contributed by atoms with Crippen LogP contribution in [0, 0.1) is 6.92 Å². The number of para-hydroxylation sites is 2. The van der Waals surface area contributed by atoms with Gasteiger partial charge in [0, 0.05) is 4.88 Å². The molecule has 0 radical (unpaired) electrons. The Hall–Kier alpha value is -1.35. The van der Waals surface area contributed by atoms with Gasteiger partial charge in [0.1, 0.15) is 5.75 Å². The average Bonchev–Trinajstić information content (AvgIpc) is 2.82. The van der Waals surface area contributed by atoms with Crippen LogP contribution in [0.1, 0.15) is 10.6 Å². The molecule has 2 aromatic rings. The van der Waals surface area contributed by atoms with Crippen LogP contribution in [-0.4, -0.2) is 18.1 Å². The van der Waals surface area contributed by atoms with Crippen LogP contribution in [0.2, 0.25) is 0 Å². The lowest BCUT2D eigenvalue weighted by atomic mass is 10.3. The summed E-state index contributed by atoms with van der Waals surface area (Å²) in [7, 11) is 1.62. The van der Waals surface area contributed by atoms with E-state index in [0.717, 1.165) is 22.0 Å². The number of halogens is 1. The largest absolute Gasteiger partial charge is 0.495 e. The fraction of sp³-hybridized carbons (Fsp3) is 0.231. The van der Waals surface area contributed by atoms with Crippen molar-refractivity contribution in [3.8, 4) is 5.75 Å². The number of hydrogen-bond acceptors (Lipinski definition) is 4. The maximum atomic E-state index is 5.86. The average molecular weight is 404 g/mol. The monoisotopic (exact) mass is 404 g/mol. The molecule has 0 saturated carbocycles. The number of nitrogens with two attached hydrogens (primary N) is 1. The summed E-state index contributed by atoms with van der Waals surface area (Å²) in [5, 5.41) is 3.03. The molecule has 0 aliphatic carbocycles. The normalized spacial score (nSPS) is 10.8. The Morgan fingerprint density at radius 2 is 2.20 bits per heavy atom. The van der Waals surface area contributed by atoms with Gasteiger partial charge in [0.15, 0.2) is 5.96 Å². The van der Waals surface area contributed by atoms with Crippen molar-refractivity contribution in [2.24, 2.45) is 10.7 Å². The lowest BCUT2D eigenvalue weighted by Gasteiger charge is -2.09. The van der Waals surface area contributed by atoms with E-state index < -0.39 is 0 Å². The minimum absolute atomic E-state index is 0. The van der Waals surface area contributed by atoms with Crippen LogP contribution in [0.5, 0.6) is 5.75 Å². The number of aryl methyl sites for hydroxylation is 1. The van der Waals surface area contributed by atoms with Crippen molar-refractivity contribution in [1.82, 2.24) is 4.98 Å². The van der Waals surface area contributed by atoms with Crippen LogP contribution >= 0.6 is 35.3 Å². The van der Waals surface area contributed by atoms with E-state index in [1.807, 2.05) is 36.7 Å². The Labute approximate surface area is 139 Å². The molecule has 0 aliphatic rings. The van der Waals surface area contributed by atoms with Crippen LogP contribution in [0.4, 0.5) is 5.69 Å². The van der Waals surface area contributed by atoms with E-state index in [0.29, 0.717) is 12.5 Å². The number of nitrogens with zero attached hydrogens (tertiary/aromatic N) is 2. The SMILES string of the molecule is COc1ccccc1NC(N)=NCc1scnc1C.I. The molecular weight excluding hydrogens is 387 g/mol. The van der Waals surface area contributed by atoms with Gasteiger partial charge in [-0.05, 0) is 19.1 Å². The van der Waals surface area contributed by atoms with Crippen LogP contribution in [0.3, 0.4) is 0 Å². The number of rotatable bonds is 4. The van der Waals surface area contributed by atoms with Gasteiger partial charge >= 0.3 is 0 Å². The number of anilines is 1. The van der Waals surface area contributed by atoms with Crippen molar-refractivity contribution < 1.29 is 4.74 Å². The molecule has 20 heavy (non-hydrogen) atoms. The van der Waals surface area contributed by atoms with Crippen LogP contribution < -0.4 is 15.8 Å². The zero-order chi connectivity index (χ0) is 13.7. The molecular formula is C13H17IN4OS. The Bertz CT molecular complexity index is 585. The molecule has 0 spiro atoms. The van der Waals surface area contributed by atoms with E-state index in [1.54, 1.807) is 18.4 Å². The summed E-state index contributed by atoms with van der Waals surface area (Å²) in [5.74, 6) is 1.09. The number of nitrogens with one attached hydrogen (secondary N) is 1. The van der Waals surface area contributed by atoms with Crippen molar-refractivity contribution in [3.63, 3.8) is 0 Å². The second-order valence-electron chi connectivity index (χ2n) is 3.89. The topological polar surface area (TPSA) is 72.5 Å². The second-order valence-corrected chi connectivity index (χ2v) is 4.83. The van der Waals surface area contributed by atoms with Gasteiger partial charge < -0.3 is 15.8 Å². The van der Waals surface area contributed by atoms with E-state index >= 15 is 0 Å². The van der Waals surface area contributed by atoms with E-state index in [1.165, 1.54) is 0 Å². The maximum absolute atomic E-state index is 5.86. The Balaban J connectivity index is 0.00000200. The minimum atomic E-state index is 0. The first kappa shape index (κ1) is 16.7. The zero-order valence-corrected chi connectivity index (χ0v) is 14.4. The van der Waals surface area contributed by atoms with Gasteiger partial charge in [0.2, 0.25) is 0 Å². The lowest BCUT2D eigenvalue weighted by molar-refractivity contribution is 0.417. The minimum Gasteiger partial charge on any atom is -0.495 e. The Morgan fingerprint density at radius 1 is 1.45 bits per heavy atom. The molecule has 1 aromatic heterocycles.